The zero-order valence-electron chi connectivity index (χ0n) is 9.64. The van der Waals surface area contributed by atoms with Crippen LogP contribution >= 0.6 is 15.9 Å². The van der Waals surface area contributed by atoms with Crippen LogP contribution in [0.2, 0.25) is 0 Å². The first-order valence-corrected chi connectivity index (χ1v) is 6.05. The summed E-state index contributed by atoms with van der Waals surface area (Å²) in [5.41, 5.74) is 2.76. The summed E-state index contributed by atoms with van der Waals surface area (Å²) in [5.74, 6) is 0.611. The van der Waals surface area contributed by atoms with Gasteiger partial charge >= 0.3 is 0 Å². The molecule has 0 aliphatic rings. The molecule has 0 unspecified atom stereocenters. The molecular formula is C12H13BrFN3. The molecule has 17 heavy (non-hydrogen) atoms. The molecule has 0 saturated heterocycles. The Morgan fingerprint density at radius 1 is 1.41 bits per heavy atom. The number of nitrogens with zero attached hydrogens (tertiary/aromatic N) is 1. The maximum atomic E-state index is 13.4. The van der Waals surface area contributed by atoms with Crippen molar-refractivity contribution in [1.82, 2.24) is 9.97 Å². The standard InChI is InChI=1S/C12H13BrFN3/c1-7-3-10(13)11(14)4-12(7)16-6-9-5-15-8(2)17-9/h3-5,16H,6H2,1-2H3,(H,15,17). The van der Waals surface area contributed by atoms with Gasteiger partial charge in [0.25, 0.3) is 0 Å². The second-order valence-corrected chi connectivity index (χ2v) is 4.78. The van der Waals surface area contributed by atoms with Crippen LogP contribution in [0.4, 0.5) is 10.1 Å². The predicted molar refractivity (Wildman–Crippen MR) is 69.5 cm³/mol. The maximum Gasteiger partial charge on any atom is 0.139 e. The van der Waals surface area contributed by atoms with Crippen molar-refractivity contribution >= 4 is 21.6 Å². The average Bonchev–Trinajstić information content (AvgIpc) is 2.68. The van der Waals surface area contributed by atoms with Crippen molar-refractivity contribution in [3.63, 3.8) is 0 Å². The molecule has 1 aromatic heterocycles. The summed E-state index contributed by atoms with van der Waals surface area (Å²) in [5, 5.41) is 3.18. The molecule has 0 spiro atoms. The van der Waals surface area contributed by atoms with Crippen LogP contribution < -0.4 is 5.32 Å². The van der Waals surface area contributed by atoms with Gasteiger partial charge in [0, 0.05) is 5.69 Å². The molecule has 0 atom stereocenters. The van der Waals surface area contributed by atoms with Gasteiger partial charge in [-0.3, -0.25) is 0 Å². The lowest BCUT2D eigenvalue weighted by Gasteiger charge is -2.09. The Kier molecular flexibility index (Phi) is 3.47. The minimum atomic E-state index is -0.265. The number of imidazole rings is 1. The molecule has 1 aromatic carbocycles. The van der Waals surface area contributed by atoms with Gasteiger partial charge in [0.15, 0.2) is 0 Å². The lowest BCUT2D eigenvalue weighted by Crippen LogP contribution is -2.02. The zero-order chi connectivity index (χ0) is 12.4. The van der Waals surface area contributed by atoms with Crippen LogP contribution in [0.5, 0.6) is 0 Å². The van der Waals surface area contributed by atoms with Crippen molar-refractivity contribution in [3.8, 4) is 0 Å². The summed E-state index contributed by atoms with van der Waals surface area (Å²) >= 11 is 3.16. The molecule has 1 heterocycles. The number of hydrogen-bond acceptors (Lipinski definition) is 2. The molecule has 90 valence electrons. The summed E-state index contributed by atoms with van der Waals surface area (Å²) in [6.07, 6.45) is 1.77. The first-order valence-electron chi connectivity index (χ1n) is 5.26. The number of benzene rings is 1. The van der Waals surface area contributed by atoms with E-state index in [0.717, 1.165) is 22.8 Å². The van der Waals surface area contributed by atoms with Gasteiger partial charge in [0.1, 0.15) is 11.6 Å². The second-order valence-electron chi connectivity index (χ2n) is 3.93. The largest absolute Gasteiger partial charge is 0.379 e. The van der Waals surface area contributed by atoms with Crippen LogP contribution in [-0.2, 0) is 6.54 Å². The third-order valence-corrected chi connectivity index (χ3v) is 3.10. The summed E-state index contributed by atoms with van der Waals surface area (Å²) in [6, 6.07) is 3.25. The highest BCUT2D eigenvalue weighted by molar-refractivity contribution is 9.10. The van der Waals surface area contributed by atoms with E-state index < -0.39 is 0 Å². The van der Waals surface area contributed by atoms with Gasteiger partial charge in [-0.2, -0.15) is 0 Å². The predicted octanol–water partition coefficient (Wildman–Crippen LogP) is 3.54. The third-order valence-electron chi connectivity index (χ3n) is 2.49. The second kappa shape index (κ2) is 4.87. The molecule has 0 aliphatic heterocycles. The molecule has 2 rings (SSSR count). The molecule has 3 nitrogen and oxygen atoms in total. The normalized spacial score (nSPS) is 10.6. The Bertz CT molecular complexity index is 537. The molecule has 0 saturated carbocycles. The zero-order valence-corrected chi connectivity index (χ0v) is 11.2. The van der Waals surface area contributed by atoms with Crippen molar-refractivity contribution in [3.05, 3.63) is 45.7 Å². The first-order chi connectivity index (χ1) is 8.06. The minimum Gasteiger partial charge on any atom is -0.379 e. The Morgan fingerprint density at radius 3 is 2.82 bits per heavy atom. The highest BCUT2D eigenvalue weighted by atomic mass is 79.9. The molecule has 2 N–H and O–H groups in total. The van der Waals surface area contributed by atoms with E-state index in [9.17, 15) is 4.39 Å². The van der Waals surface area contributed by atoms with Crippen molar-refractivity contribution in [2.45, 2.75) is 20.4 Å². The Hall–Kier alpha value is -1.36. The highest BCUT2D eigenvalue weighted by Crippen LogP contribution is 2.24. The monoisotopic (exact) mass is 297 g/mol. The Balaban J connectivity index is 2.11. The first kappa shape index (κ1) is 12.1. The smallest absolute Gasteiger partial charge is 0.139 e. The lowest BCUT2D eigenvalue weighted by atomic mass is 10.2. The lowest BCUT2D eigenvalue weighted by molar-refractivity contribution is 0.621. The van der Waals surface area contributed by atoms with E-state index in [4.69, 9.17) is 0 Å². The Morgan fingerprint density at radius 2 is 2.18 bits per heavy atom. The van der Waals surface area contributed by atoms with Gasteiger partial charge in [-0.05, 0) is 47.5 Å². The van der Waals surface area contributed by atoms with E-state index in [-0.39, 0.29) is 5.82 Å². The topological polar surface area (TPSA) is 40.7 Å². The van der Waals surface area contributed by atoms with Crippen LogP contribution in [0.25, 0.3) is 0 Å². The van der Waals surface area contributed by atoms with Gasteiger partial charge in [0.05, 0.1) is 22.9 Å². The molecular weight excluding hydrogens is 285 g/mol. The summed E-state index contributed by atoms with van der Waals surface area (Å²) in [7, 11) is 0. The Labute approximate surface area is 108 Å². The van der Waals surface area contributed by atoms with Crippen molar-refractivity contribution in [1.29, 1.82) is 0 Å². The fraction of sp³-hybridized carbons (Fsp3) is 0.250. The molecule has 0 radical (unpaired) electrons. The number of rotatable bonds is 3. The van der Waals surface area contributed by atoms with E-state index in [1.54, 1.807) is 12.3 Å². The average molecular weight is 298 g/mol. The fourth-order valence-electron chi connectivity index (χ4n) is 1.59. The van der Waals surface area contributed by atoms with Gasteiger partial charge in [-0.25, -0.2) is 9.37 Å². The number of halogens is 2. The number of hydrogen-bond donors (Lipinski definition) is 2. The van der Waals surface area contributed by atoms with Crippen molar-refractivity contribution in [2.24, 2.45) is 0 Å². The van der Waals surface area contributed by atoms with Gasteiger partial charge < -0.3 is 10.3 Å². The molecule has 0 amide bonds. The number of aromatic amines is 1. The van der Waals surface area contributed by atoms with Gasteiger partial charge in [-0.15, -0.1) is 0 Å². The highest BCUT2D eigenvalue weighted by Gasteiger charge is 2.05. The van der Waals surface area contributed by atoms with Gasteiger partial charge in [0.2, 0.25) is 0 Å². The van der Waals surface area contributed by atoms with Crippen LogP contribution in [0.3, 0.4) is 0 Å². The SMILES string of the molecule is Cc1ncc(CNc2cc(F)c(Br)cc2C)[nH]1. The number of aromatic nitrogens is 2. The minimum absolute atomic E-state index is 0.265. The van der Waals surface area contributed by atoms with E-state index in [1.165, 1.54) is 6.07 Å². The van der Waals surface area contributed by atoms with Crippen LogP contribution in [0, 0.1) is 19.7 Å². The van der Waals surface area contributed by atoms with E-state index in [1.807, 2.05) is 13.8 Å². The van der Waals surface area contributed by atoms with Crippen LogP contribution in [0.1, 0.15) is 17.1 Å². The van der Waals surface area contributed by atoms with Crippen LogP contribution in [0.15, 0.2) is 22.8 Å². The number of aryl methyl sites for hydroxylation is 2. The van der Waals surface area contributed by atoms with E-state index in [2.05, 4.69) is 31.2 Å². The van der Waals surface area contributed by atoms with Gasteiger partial charge in [-0.1, -0.05) is 0 Å². The molecule has 2 aromatic rings. The van der Waals surface area contributed by atoms with E-state index >= 15 is 0 Å². The summed E-state index contributed by atoms with van der Waals surface area (Å²) < 4.78 is 13.9. The summed E-state index contributed by atoms with van der Waals surface area (Å²) in [4.78, 5) is 7.22. The maximum absolute atomic E-state index is 13.4. The number of anilines is 1. The molecule has 0 bridgehead atoms. The fourth-order valence-corrected chi connectivity index (χ4v) is 2.05. The quantitative estimate of drug-likeness (QED) is 0.910. The van der Waals surface area contributed by atoms with E-state index in [0.29, 0.717) is 11.0 Å². The number of H-pyrrole nitrogens is 1. The molecule has 0 aliphatic carbocycles. The molecule has 5 heteroatoms. The van der Waals surface area contributed by atoms with Crippen LogP contribution in [-0.4, -0.2) is 9.97 Å². The molecule has 0 fully saturated rings. The third kappa shape index (κ3) is 2.85. The summed E-state index contributed by atoms with van der Waals surface area (Å²) in [6.45, 7) is 4.43. The number of nitrogens with one attached hydrogen (secondary N) is 2. The van der Waals surface area contributed by atoms with Crippen molar-refractivity contribution in [2.75, 3.05) is 5.32 Å². The van der Waals surface area contributed by atoms with Crippen molar-refractivity contribution < 1.29 is 4.39 Å².